The summed E-state index contributed by atoms with van der Waals surface area (Å²) >= 11 is 2.71. The van der Waals surface area contributed by atoms with Crippen LogP contribution in [0.25, 0.3) is 38.0 Å². The summed E-state index contributed by atoms with van der Waals surface area (Å²) in [6, 6.07) is 12.8. The van der Waals surface area contributed by atoms with Crippen LogP contribution < -0.4 is 9.47 Å². The number of hydrogen-bond donors (Lipinski definition) is 0. The molecule has 0 saturated carbocycles. The molecule has 204 valence electrons. The summed E-state index contributed by atoms with van der Waals surface area (Å²) in [6.45, 7) is 1.68. The average Bonchev–Trinajstić information content (AvgIpc) is 3.74. The number of hydrogen-bond acceptors (Lipinski definition) is 9. The molecule has 0 aliphatic heterocycles. The van der Waals surface area contributed by atoms with E-state index in [4.69, 9.17) is 18.9 Å². The van der Waals surface area contributed by atoms with Gasteiger partial charge in [0.2, 0.25) is 4.96 Å². The van der Waals surface area contributed by atoms with Gasteiger partial charge < -0.3 is 18.8 Å². The molecule has 1 amide bonds. The molecule has 9 nitrogen and oxygen atoms in total. The number of amides is 1. The van der Waals surface area contributed by atoms with Gasteiger partial charge in [-0.1, -0.05) is 23.5 Å². The quantitative estimate of drug-likeness (QED) is 0.200. The first kappa shape index (κ1) is 26.0. The number of imidazole rings is 1. The van der Waals surface area contributed by atoms with E-state index in [9.17, 15) is 9.18 Å². The van der Waals surface area contributed by atoms with Gasteiger partial charge in [0.25, 0.3) is 5.91 Å². The molecule has 1 atom stereocenters. The van der Waals surface area contributed by atoms with E-state index < -0.39 is 6.17 Å². The van der Waals surface area contributed by atoms with Crippen molar-refractivity contribution in [2.24, 2.45) is 0 Å². The smallest absolute Gasteiger partial charge is 0.253 e. The zero-order valence-electron chi connectivity index (χ0n) is 22.0. The third-order valence-electron chi connectivity index (χ3n) is 6.21. The van der Waals surface area contributed by atoms with Gasteiger partial charge in [0.05, 0.1) is 24.4 Å². The molecule has 0 N–H and O–H groups in total. The van der Waals surface area contributed by atoms with Crippen molar-refractivity contribution in [1.82, 2.24) is 24.5 Å². The molecule has 0 aliphatic rings. The minimum atomic E-state index is -1.18. The zero-order chi connectivity index (χ0) is 28.0. The highest BCUT2D eigenvalue weighted by molar-refractivity contribution is 7.16. The van der Waals surface area contributed by atoms with Crippen LogP contribution >= 0.6 is 22.7 Å². The standard InChI is InChI=1S/C28H24FN5O4S2/c1-15(29)25-32-34-21(12-30-28(34)40-25)24-11-20-22(9-19(36-4)10-23(20)38-24)37-13-18-14-39-26(31-18)16-5-7-17(8-6-16)27(35)33(2)3/h5-12,14-15H,13H2,1-4H3. The summed E-state index contributed by atoms with van der Waals surface area (Å²) < 4.78 is 33.2. The van der Waals surface area contributed by atoms with Gasteiger partial charge in [-0.25, -0.2) is 14.4 Å². The minimum Gasteiger partial charge on any atom is -0.496 e. The maximum Gasteiger partial charge on any atom is 0.253 e. The molecule has 0 fully saturated rings. The Morgan fingerprint density at radius 1 is 1.20 bits per heavy atom. The van der Waals surface area contributed by atoms with E-state index in [1.165, 1.54) is 29.6 Å². The maximum atomic E-state index is 13.8. The van der Waals surface area contributed by atoms with Crippen molar-refractivity contribution < 1.29 is 23.1 Å². The molecule has 2 aromatic carbocycles. The maximum absolute atomic E-state index is 13.8. The van der Waals surface area contributed by atoms with Gasteiger partial charge in [0, 0.05) is 42.7 Å². The van der Waals surface area contributed by atoms with Crippen LogP contribution in [0.15, 0.2) is 58.5 Å². The number of carbonyl (C=O) groups excluding carboxylic acids is 1. The van der Waals surface area contributed by atoms with Crippen LogP contribution in [-0.4, -0.2) is 51.6 Å². The third-order valence-corrected chi connectivity index (χ3v) is 8.23. The molecule has 0 radical (unpaired) electrons. The van der Waals surface area contributed by atoms with Crippen molar-refractivity contribution in [3.63, 3.8) is 0 Å². The monoisotopic (exact) mass is 577 g/mol. The van der Waals surface area contributed by atoms with Crippen molar-refractivity contribution >= 4 is 44.5 Å². The number of benzene rings is 2. The molecule has 0 bridgehead atoms. The van der Waals surface area contributed by atoms with Crippen LogP contribution in [0.1, 0.15) is 34.2 Å². The molecule has 6 aromatic rings. The van der Waals surface area contributed by atoms with Gasteiger partial charge in [-0.2, -0.15) is 9.61 Å². The fourth-order valence-corrected chi connectivity index (χ4v) is 5.77. The Hall–Kier alpha value is -4.29. The van der Waals surface area contributed by atoms with Crippen LogP contribution in [0.5, 0.6) is 11.5 Å². The second kappa shape index (κ2) is 10.4. The number of ether oxygens (including phenoxy) is 2. The molecular formula is C28H24FN5O4S2. The number of carbonyl (C=O) groups is 1. The molecule has 1 unspecified atom stereocenters. The van der Waals surface area contributed by atoms with Crippen molar-refractivity contribution in [3.8, 4) is 33.5 Å². The molecule has 0 aliphatic carbocycles. The van der Waals surface area contributed by atoms with E-state index in [1.54, 1.807) is 61.1 Å². The van der Waals surface area contributed by atoms with Crippen LogP contribution in [0.4, 0.5) is 4.39 Å². The highest BCUT2D eigenvalue weighted by atomic mass is 32.1. The molecule has 4 aromatic heterocycles. The Morgan fingerprint density at radius 2 is 2.00 bits per heavy atom. The molecule has 4 heterocycles. The Bertz CT molecular complexity index is 1830. The molecule has 0 saturated heterocycles. The van der Waals surface area contributed by atoms with Gasteiger partial charge in [-0.05, 0) is 25.1 Å². The predicted molar refractivity (Wildman–Crippen MR) is 152 cm³/mol. The average molecular weight is 578 g/mol. The first-order chi connectivity index (χ1) is 19.3. The summed E-state index contributed by atoms with van der Waals surface area (Å²) in [5.41, 5.74) is 3.50. The SMILES string of the molecule is COc1cc(OCc2csc(-c3ccc(C(=O)N(C)C)cc3)n2)c2cc(-c3cnc4sc(C(C)F)nn34)oc2c1. The van der Waals surface area contributed by atoms with Gasteiger partial charge in [-0.15, -0.1) is 11.3 Å². The lowest BCUT2D eigenvalue weighted by Crippen LogP contribution is -2.21. The normalized spacial score (nSPS) is 12.2. The van der Waals surface area contributed by atoms with E-state index in [-0.39, 0.29) is 12.5 Å². The Kier molecular flexibility index (Phi) is 6.72. The Labute approximate surface area is 236 Å². The molecule has 40 heavy (non-hydrogen) atoms. The van der Waals surface area contributed by atoms with Crippen LogP contribution in [0.3, 0.4) is 0 Å². The molecule has 0 spiro atoms. The molecular weight excluding hydrogens is 553 g/mol. The highest BCUT2D eigenvalue weighted by Crippen LogP contribution is 2.38. The van der Waals surface area contributed by atoms with Gasteiger partial charge in [0.1, 0.15) is 34.4 Å². The van der Waals surface area contributed by atoms with Crippen molar-refractivity contribution in [1.29, 1.82) is 0 Å². The number of alkyl halides is 1. The van der Waals surface area contributed by atoms with E-state index in [1.807, 2.05) is 23.6 Å². The third kappa shape index (κ3) is 4.80. The lowest BCUT2D eigenvalue weighted by atomic mass is 10.1. The number of aromatic nitrogens is 4. The summed E-state index contributed by atoms with van der Waals surface area (Å²) in [5, 5.41) is 8.23. The number of thiazole rings is 1. The van der Waals surface area contributed by atoms with Gasteiger partial charge in [0.15, 0.2) is 16.9 Å². The second-order valence-electron chi connectivity index (χ2n) is 9.25. The number of nitrogens with zero attached hydrogens (tertiary/aromatic N) is 5. The highest BCUT2D eigenvalue weighted by Gasteiger charge is 2.20. The lowest BCUT2D eigenvalue weighted by Gasteiger charge is -2.10. The number of fused-ring (bicyclic) bond motifs is 2. The summed E-state index contributed by atoms with van der Waals surface area (Å²) in [7, 11) is 5.03. The number of rotatable bonds is 8. The number of methoxy groups -OCH3 is 1. The van der Waals surface area contributed by atoms with E-state index in [0.29, 0.717) is 44.1 Å². The zero-order valence-corrected chi connectivity index (χ0v) is 23.7. The second-order valence-corrected chi connectivity index (χ2v) is 11.1. The lowest BCUT2D eigenvalue weighted by molar-refractivity contribution is 0.0827. The summed E-state index contributed by atoms with van der Waals surface area (Å²) in [4.78, 5) is 23.4. The van der Waals surface area contributed by atoms with Crippen molar-refractivity contribution in [3.05, 3.63) is 70.3 Å². The Balaban J connectivity index is 1.25. The number of furan rings is 1. The van der Waals surface area contributed by atoms with Crippen molar-refractivity contribution in [2.75, 3.05) is 21.2 Å². The number of halogens is 1. The fraction of sp³-hybridized carbons (Fsp3) is 0.214. The first-order valence-corrected chi connectivity index (χ1v) is 14.0. The predicted octanol–water partition coefficient (Wildman–Crippen LogP) is 6.65. The Morgan fingerprint density at radius 3 is 2.73 bits per heavy atom. The van der Waals surface area contributed by atoms with E-state index >= 15 is 0 Å². The first-order valence-electron chi connectivity index (χ1n) is 12.3. The summed E-state index contributed by atoms with van der Waals surface area (Å²) in [6.07, 6.45) is 0.471. The summed E-state index contributed by atoms with van der Waals surface area (Å²) in [5.74, 6) is 1.63. The largest absolute Gasteiger partial charge is 0.496 e. The van der Waals surface area contributed by atoms with Gasteiger partial charge >= 0.3 is 0 Å². The van der Waals surface area contributed by atoms with Crippen LogP contribution in [0.2, 0.25) is 0 Å². The molecule has 6 rings (SSSR count). The van der Waals surface area contributed by atoms with Gasteiger partial charge in [-0.3, -0.25) is 4.79 Å². The minimum absolute atomic E-state index is 0.0462. The van der Waals surface area contributed by atoms with Crippen molar-refractivity contribution in [2.45, 2.75) is 19.7 Å². The molecule has 12 heteroatoms. The fourth-order valence-electron chi connectivity index (χ4n) is 4.15. The van der Waals surface area contributed by atoms with Crippen LogP contribution in [-0.2, 0) is 6.61 Å². The van der Waals surface area contributed by atoms with E-state index in [0.717, 1.165) is 21.7 Å². The topological polar surface area (TPSA) is 95.0 Å². The van der Waals surface area contributed by atoms with Crippen LogP contribution in [0, 0.1) is 0 Å². The van der Waals surface area contributed by atoms with E-state index in [2.05, 4.69) is 10.1 Å².